The van der Waals surface area contributed by atoms with Crippen LogP contribution in [0, 0.1) is 0 Å². The third-order valence-electron chi connectivity index (χ3n) is 4.78. The van der Waals surface area contributed by atoms with Crippen LogP contribution in [0.25, 0.3) is 0 Å². The Morgan fingerprint density at radius 2 is 1.31 bits per heavy atom. The maximum atomic E-state index is 12.9. The van der Waals surface area contributed by atoms with E-state index in [1.807, 2.05) is 11.3 Å². The van der Waals surface area contributed by atoms with Crippen molar-refractivity contribution in [1.82, 2.24) is 4.90 Å². The summed E-state index contributed by atoms with van der Waals surface area (Å²) >= 11 is 1.82. The van der Waals surface area contributed by atoms with E-state index in [0.717, 1.165) is 55.7 Å². The van der Waals surface area contributed by atoms with Gasteiger partial charge < -0.3 is 4.90 Å². The van der Waals surface area contributed by atoms with Gasteiger partial charge >= 0.3 is 0 Å². The molecule has 0 radical (unpaired) electrons. The van der Waals surface area contributed by atoms with Crippen LogP contribution in [0.5, 0.6) is 0 Å². The normalized spacial score (nSPS) is 14.6. The van der Waals surface area contributed by atoms with Gasteiger partial charge in [0.1, 0.15) is 5.84 Å². The Bertz CT molecular complexity index is 678. The fraction of sp³-hybridized carbons (Fsp3) is 0.727. The van der Waals surface area contributed by atoms with Crippen LogP contribution in [0.2, 0.25) is 0 Å². The number of fused-ring (bicyclic) bond motifs is 1. The molecule has 1 aromatic heterocycles. The summed E-state index contributed by atoms with van der Waals surface area (Å²) in [5.41, 5.74) is 1.96. The largest absolute Gasteiger partial charge is 0.356 e. The van der Waals surface area contributed by atoms with Gasteiger partial charge in [-0.25, -0.2) is 0 Å². The van der Waals surface area contributed by atoms with E-state index >= 15 is 0 Å². The summed E-state index contributed by atoms with van der Waals surface area (Å²) in [6, 6.07) is 0. The molecule has 2 rings (SSSR count). The highest BCUT2D eigenvalue weighted by molar-refractivity contribution is 7.13. The first kappa shape index (κ1) is 21.1. The van der Waals surface area contributed by atoms with Crippen molar-refractivity contribution in [3.05, 3.63) is 20.9 Å². The Labute approximate surface area is 163 Å². The standard InChI is InChI=1S/C22H36N2OS/c1-9-11-13-24(14-12-10-2)19-15-16(20(25)23-19)18(22(6,7)8)26-17(15)21(3,4)5/h9-14H2,1-8H3. The van der Waals surface area contributed by atoms with E-state index in [9.17, 15) is 4.79 Å². The van der Waals surface area contributed by atoms with Crippen LogP contribution in [-0.2, 0) is 10.8 Å². The molecule has 0 fully saturated rings. The lowest BCUT2D eigenvalue weighted by Gasteiger charge is -2.27. The Balaban J connectivity index is 2.60. The highest BCUT2D eigenvalue weighted by atomic mass is 32.1. The molecule has 1 aromatic rings. The van der Waals surface area contributed by atoms with E-state index in [1.54, 1.807) is 0 Å². The van der Waals surface area contributed by atoms with Crippen LogP contribution in [-0.4, -0.2) is 29.7 Å². The molecule has 1 amide bonds. The number of hydrogen-bond acceptors (Lipinski definition) is 3. The maximum Gasteiger partial charge on any atom is 0.280 e. The van der Waals surface area contributed by atoms with Crippen LogP contribution < -0.4 is 0 Å². The van der Waals surface area contributed by atoms with Crippen molar-refractivity contribution in [3.8, 4) is 0 Å². The highest BCUT2D eigenvalue weighted by Crippen LogP contribution is 2.45. The monoisotopic (exact) mass is 376 g/mol. The predicted octanol–water partition coefficient (Wildman–Crippen LogP) is 6.15. The summed E-state index contributed by atoms with van der Waals surface area (Å²) in [5.74, 6) is 0.897. The first-order chi connectivity index (χ1) is 12.0. The summed E-state index contributed by atoms with van der Waals surface area (Å²) in [5, 5.41) is 0. The van der Waals surface area contributed by atoms with Gasteiger partial charge in [-0.3, -0.25) is 4.79 Å². The van der Waals surface area contributed by atoms with Crippen LogP contribution in [0.15, 0.2) is 4.99 Å². The second-order valence-corrected chi connectivity index (χ2v) is 10.5. The fourth-order valence-electron chi connectivity index (χ4n) is 3.36. The Morgan fingerprint density at radius 1 is 0.846 bits per heavy atom. The molecule has 0 unspecified atom stereocenters. The number of rotatable bonds is 6. The zero-order valence-corrected chi connectivity index (χ0v) is 18.8. The summed E-state index contributed by atoms with van der Waals surface area (Å²) in [6.07, 6.45) is 4.57. The average molecular weight is 377 g/mol. The van der Waals surface area contributed by atoms with Crippen LogP contribution in [0.3, 0.4) is 0 Å². The minimum atomic E-state index is -0.0451. The number of carbonyl (C=O) groups excluding carboxylic acids is 1. The van der Waals surface area contributed by atoms with Gasteiger partial charge in [0.05, 0.1) is 5.56 Å². The molecule has 4 heteroatoms. The first-order valence-electron chi connectivity index (χ1n) is 10.1. The third-order valence-corrected chi connectivity index (χ3v) is 6.82. The molecule has 0 saturated heterocycles. The van der Waals surface area contributed by atoms with E-state index in [0.29, 0.717) is 0 Å². The lowest BCUT2D eigenvalue weighted by atomic mass is 9.86. The molecule has 3 nitrogen and oxygen atoms in total. The smallest absolute Gasteiger partial charge is 0.280 e. The Morgan fingerprint density at radius 3 is 1.73 bits per heavy atom. The van der Waals surface area contributed by atoms with E-state index in [1.165, 1.54) is 9.75 Å². The number of amidine groups is 1. The van der Waals surface area contributed by atoms with Crippen molar-refractivity contribution in [2.24, 2.45) is 4.99 Å². The molecule has 146 valence electrons. The SMILES string of the molecule is CCCCN(CCCC)C1=NC(=O)c2c(C(C)(C)C)sc(C(C)(C)C)c21. The molecule has 1 aliphatic rings. The number of hydrogen-bond donors (Lipinski definition) is 0. The maximum absolute atomic E-state index is 12.9. The minimum absolute atomic E-state index is 0.00478. The zero-order chi connectivity index (χ0) is 19.7. The molecule has 0 N–H and O–H groups in total. The van der Waals surface area contributed by atoms with Crippen molar-refractivity contribution in [2.75, 3.05) is 13.1 Å². The molecule has 0 bridgehead atoms. The quantitative estimate of drug-likeness (QED) is 0.597. The van der Waals surface area contributed by atoms with Crippen LogP contribution in [0.1, 0.15) is 107 Å². The molecule has 0 aromatic carbocycles. The molecular formula is C22H36N2OS. The lowest BCUT2D eigenvalue weighted by molar-refractivity contribution is 0.100. The number of carbonyl (C=O) groups is 1. The highest BCUT2D eigenvalue weighted by Gasteiger charge is 2.40. The second kappa shape index (κ2) is 7.84. The average Bonchev–Trinajstić information content (AvgIpc) is 3.06. The van der Waals surface area contributed by atoms with Gasteiger partial charge in [-0.1, -0.05) is 68.2 Å². The van der Waals surface area contributed by atoms with Crippen molar-refractivity contribution < 1.29 is 4.79 Å². The lowest BCUT2D eigenvalue weighted by Crippen LogP contribution is -2.34. The van der Waals surface area contributed by atoms with Gasteiger partial charge in [-0.15, -0.1) is 11.3 Å². The summed E-state index contributed by atoms with van der Waals surface area (Å²) < 4.78 is 0. The van der Waals surface area contributed by atoms with Gasteiger partial charge in [-0.05, 0) is 23.7 Å². The van der Waals surface area contributed by atoms with Gasteiger partial charge in [-0.2, -0.15) is 4.99 Å². The molecule has 26 heavy (non-hydrogen) atoms. The van der Waals surface area contributed by atoms with Crippen molar-refractivity contribution in [3.63, 3.8) is 0 Å². The second-order valence-electron chi connectivity index (χ2n) is 9.45. The van der Waals surface area contributed by atoms with Crippen molar-refractivity contribution in [1.29, 1.82) is 0 Å². The van der Waals surface area contributed by atoms with Gasteiger partial charge in [0.15, 0.2) is 0 Å². The summed E-state index contributed by atoms with van der Waals surface area (Å²) in [4.78, 5) is 22.4. The zero-order valence-electron chi connectivity index (χ0n) is 18.0. The number of nitrogens with zero attached hydrogens (tertiary/aromatic N) is 2. The summed E-state index contributed by atoms with van der Waals surface area (Å²) in [6.45, 7) is 19.7. The molecule has 2 heterocycles. The summed E-state index contributed by atoms with van der Waals surface area (Å²) in [7, 11) is 0. The number of aliphatic imine (C=N–C) groups is 1. The molecular weight excluding hydrogens is 340 g/mol. The van der Waals surface area contributed by atoms with E-state index < -0.39 is 0 Å². The van der Waals surface area contributed by atoms with E-state index in [4.69, 9.17) is 0 Å². The fourth-order valence-corrected chi connectivity index (χ4v) is 4.77. The number of thiophene rings is 1. The van der Waals surface area contributed by atoms with Gasteiger partial charge in [0.25, 0.3) is 5.91 Å². The van der Waals surface area contributed by atoms with Crippen LogP contribution in [0.4, 0.5) is 0 Å². The van der Waals surface area contributed by atoms with Crippen LogP contribution >= 0.6 is 11.3 Å². The van der Waals surface area contributed by atoms with E-state index in [-0.39, 0.29) is 16.7 Å². The Kier molecular flexibility index (Phi) is 6.37. The van der Waals surface area contributed by atoms with Crippen molar-refractivity contribution in [2.45, 2.75) is 91.9 Å². The molecule has 1 aliphatic heterocycles. The van der Waals surface area contributed by atoms with Gasteiger partial charge in [0, 0.05) is 28.4 Å². The third kappa shape index (κ3) is 4.21. The molecule has 0 aliphatic carbocycles. The van der Waals surface area contributed by atoms with E-state index in [2.05, 4.69) is 65.3 Å². The number of unbranched alkanes of at least 4 members (excludes halogenated alkanes) is 2. The first-order valence-corrected chi connectivity index (χ1v) is 10.9. The number of amides is 1. The molecule has 0 atom stereocenters. The molecule has 0 saturated carbocycles. The molecule has 0 spiro atoms. The topological polar surface area (TPSA) is 32.7 Å². The van der Waals surface area contributed by atoms with Gasteiger partial charge in [0.2, 0.25) is 0 Å². The minimum Gasteiger partial charge on any atom is -0.356 e. The Hall–Kier alpha value is -1.16. The predicted molar refractivity (Wildman–Crippen MR) is 114 cm³/mol. The van der Waals surface area contributed by atoms with Crippen molar-refractivity contribution >= 4 is 23.1 Å².